The number of nitrogens with zero attached hydrogens (tertiary/aromatic N) is 2. The van der Waals surface area contributed by atoms with Crippen molar-refractivity contribution >= 4 is 29.1 Å². The second kappa shape index (κ2) is 7.72. The first-order valence-corrected chi connectivity index (χ1v) is 8.59. The topological polar surface area (TPSA) is 46.9 Å². The van der Waals surface area contributed by atoms with Gasteiger partial charge in [-0.05, 0) is 29.8 Å². The third-order valence-electron chi connectivity index (χ3n) is 3.90. The number of hydrogen-bond acceptors (Lipinski definition) is 2. The monoisotopic (exact) mass is 373 g/mol. The van der Waals surface area contributed by atoms with Crippen molar-refractivity contribution in [3.8, 4) is 11.3 Å². The van der Waals surface area contributed by atoms with Crippen molar-refractivity contribution in [1.29, 1.82) is 0 Å². The third-order valence-corrected chi connectivity index (χ3v) is 4.33. The van der Waals surface area contributed by atoms with Gasteiger partial charge in [-0.2, -0.15) is 5.10 Å². The van der Waals surface area contributed by atoms with Crippen molar-refractivity contribution < 1.29 is 4.79 Å². The quantitative estimate of drug-likeness (QED) is 0.720. The lowest BCUT2D eigenvalue weighted by atomic mass is 10.1. The minimum absolute atomic E-state index is 0.126. The molecule has 128 valence electrons. The van der Waals surface area contributed by atoms with Gasteiger partial charge in [-0.15, -0.1) is 0 Å². The number of nitrogens with one attached hydrogen (secondary N) is 1. The maximum Gasteiger partial charge on any atom is 0.244 e. The zero-order chi connectivity index (χ0) is 17.8. The Morgan fingerprint density at radius 3 is 2.44 bits per heavy atom. The van der Waals surface area contributed by atoms with Crippen LogP contribution in [0.2, 0.25) is 10.0 Å². The number of benzene rings is 2. The molecule has 2 aromatic carbocycles. The molecule has 6 heteroatoms. The molecule has 0 fully saturated rings. The van der Waals surface area contributed by atoms with Crippen molar-refractivity contribution in [3.05, 3.63) is 76.4 Å². The van der Waals surface area contributed by atoms with Gasteiger partial charge < -0.3 is 5.32 Å². The van der Waals surface area contributed by atoms with E-state index in [1.54, 1.807) is 17.8 Å². The number of rotatable bonds is 5. The second-order valence-corrected chi connectivity index (χ2v) is 6.53. The summed E-state index contributed by atoms with van der Waals surface area (Å²) in [7, 11) is 1.61. The SMILES string of the molecule is CNC(=O)[C@H](Cc1cc(Cl)cc(Cl)c1)n1ccc(-c2ccccc2)n1. The van der Waals surface area contributed by atoms with E-state index in [1.807, 2.05) is 54.7 Å². The molecule has 0 radical (unpaired) electrons. The van der Waals surface area contributed by atoms with Crippen LogP contribution in [-0.4, -0.2) is 22.7 Å². The Hall–Kier alpha value is -2.30. The average Bonchev–Trinajstić information content (AvgIpc) is 3.09. The predicted octanol–water partition coefficient (Wildman–Crippen LogP) is 4.39. The second-order valence-electron chi connectivity index (χ2n) is 5.66. The normalized spacial score (nSPS) is 12.0. The van der Waals surface area contributed by atoms with Gasteiger partial charge >= 0.3 is 0 Å². The fourth-order valence-corrected chi connectivity index (χ4v) is 3.27. The molecule has 25 heavy (non-hydrogen) atoms. The molecule has 1 heterocycles. The summed E-state index contributed by atoms with van der Waals surface area (Å²) in [5.41, 5.74) is 2.70. The van der Waals surface area contributed by atoms with Crippen LogP contribution in [0.5, 0.6) is 0 Å². The van der Waals surface area contributed by atoms with Gasteiger partial charge in [0.1, 0.15) is 6.04 Å². The number of likely N-dealkylation sites (N-methyl/N-ethyl adjacent to an activating group) is 1. The summed E-state index contributed by atoms with van der Waals surface area (Å²) in [6.45, 7) is 0. The summed E-state index contributed by atoms with van der Waals surface area (Å²) in [6.07, 6.45) is 2.25. The van der Waals surface area contributed by atoms with E-state index in [-0.39, 0.29) is 5.91 Å². The van der Waals surface area contributed by atoms with E-state index in [1.165, 1.54) is 0 Å². The maximum absolute atomic E-state index is 12.4. The van der Waals surface area contributed by atoms with E-state index in [4.69, 9.17) is 23.2 Å². The van der Waals surface area contributed by atoms with Crippen LogP contribution in [0.4, 0.5) is 0 Å². The van der Waals surface area contributed by atoms with Crippen LogP contribution in [0.3, 0.4) is 0 Å². The summed E-state index contributed by atoms with van der Waals surface area (Å²) in [5.74, 6) is -0.126. The average molecular weight is 374 g/mol. The van der Waals surface area contributed by atoms with Crippen molar-refractivity contribution in [2.45, 2.75) is 12.5 Å². The zero-order valence-electron chi connectivity index (χ0n) is 13.6. The van der Waals surface area contributed by atoms with Crippen LogP contribution in [0.25, 0.3) is 11.3 Å². The first-order valence-electron chi connectivity index (χ1n) is 7.84. The molecular weight excluding hydrogens is 357 g/mol. The Morgan fingerprint density at radius 1 is 1.12 bits per heavy atom. The highest BCUT2D eigenvalue weighted by atomic mass is 35.5. The van der Waals surface area contributed by atoms with Crippen molar-refractivity contribution in [2.24, 2.45) is 0 Å². The van der Waals surface area contributed by atoms with Gasteiger partial charge in [-0.25, -0.2) is 0 Å². The van der Waals surface area contributed by atoms with Crippen molar-refractivity contribution in [3.63, 3.8) is 0 Å². The molecule has 1 N–H and O–H groups in total. The molecule has 3 aromatic rings. The molecule has 4 nitrogen and oxygen atoms in total. The van der Waals surface area contributed by atoms with Crippen LogP contribution >= 0.6 is 23.2 Å². The molecule has 0 bridgehead atoms. The van der Waals surface area contributed by atoms with Crippen LogP contribution in [-0.2, 0) is 11.2 Å². The van der Waals surface area contributed by atoms with Gasteiger partial charge in [0.25, 0.3) is 0 Å². The molecule has 1 aromatic heterocycles. The lowest BCUT2D eigenvalue weighted by molar-refractivity contribution is -0.124. The minimum atomic E-state index is -0.489. The first-order chi connectivity index (χ1) is 12.1. The number of hydrogen-bond donors (Lipinski definition) is 1. The van der Waals surface area contributed by atoms with Crippen LogP contribution in [0.15, 0.2) is 60.8 Å². The molecule has 0 saturated carbocycles. The summed E-state index contributed by atoms with van der Waals surface area (Å²) in [5, 5.41) is 8.37. The Balaban J connectivity index is 1.91. The minimum Gasteiger partial charge on any atom is -0.357 e. The lowest BCUT2D eigenvalue weighted by Crippen LogP contribution is -2.31. The van der Waals surface area contributed by atoms with Gasteiger partial charge in [-0.3, -0.25) is 9.48 Å². The molecular formula is C19H17Cl2N3O. The smallest absolute Gasteiger partial charge is 0.244 e. The predicted molar refractivity (Wildman–Crippen MR) is 101 cm³/mol. The molecule has 0 aliphatic rings. The molecule has 3 rings (SSSR count). The fraction of sp³-hybridized carbons (Fsp3) is 0.158. The first kappa shape index (κ1) is 17.5. The Bertz CT molecular complexity index is 857. The van der Waals surface area contributed by atoms with Crippen LogP contribution < -0.4 is 5.32 Å². The summed E-state index contributed by atoms with van der Waals surface area (Å²) < 4.78 is 1.68. The fourth-order valence-electron chi connectivity index (χ4n) is 2.70. The summed E-state index contributed by atoms with van der Waals surface area (Å²) in [4.78, 5) is 12.4. The summed E-state index contributed by atoms with van der Waals surface area (Å²) >= 11 is 12.1. The molecule has 0 aliphatic carbocycles. The van der Waals surface area contributed by atoms with E-state index in [0.29, 0.717) is 16.5 Å². The number of carbonyl (C=O) groups excluding carboxylic acids is 1. The Morgan fingerprint density at radius 2 is 1.80 bits per heavy atom. The molecule has 0 spiro atoms. The summed E-state index contributed by atoms with van der Waals surface area (Å²) in [6, 6.07) is 16.5. The van der Waals surface area contributed by atoms with Gasteiger partial charge in [0.2, 0.25) is 5.91 Å². The molecule has 0 unspecified atom stereocenters. The number of carbonyl (C=O) groups is 1. The highest BCUT2D eigenvalue weighted by molar-refractivity contribution is 6.34. The zero-order valence-corrected chi connectivity index (χ0v) is 15.1. The Labute approximate surface area is 156 Å². The van der Waals surface area contributed by atoms with E-state index in [9.17, 15) is 4.79 Å². The van der Waals surface area contributed by atoms with E-state index >= 15 is 0 Å². The van der Waals surface area contributed by atoms with Gasteiger partial charge in [0, 0.05) is 35.3 Å². The highest BCUT2D eigenvalue weighted by Gasteiger charge is 2.21. The van der Waals surface area contributed by atoms with Gasteiger partial charge in [0.05, 0.1) is 5.69 Å². The van der Waals surface area contributed by atoms with Crippen LogP contribution in [0.1, 0.15) is 11.6 Å². The van der Waals surface area contributed by atoms with Gasteiger partial charge in [0.15, 0.2) is 0 Å². The van der Waals surface area contributed by atoms with E-state index < -0.39 is 6.04 Å². The van der Waals surface area contributed by atoms with Gasteiger partial charge in [-0.1, -0.05) is 53.5 Å². The van der Waals surface area contributed by atoms with Crippen molar-refractivity contribution in [1.82, 2.24) is 15.1 Å². The van der Waals surface area contributed by atoms with E-state index in [0.717, 1.165) is 16.8 Å². The molecule has 0 aliphatic heterocycles. The van der Waals surface area contributed by atoms with Crippen LogP contribution in [0, 0.1) is 0 Å². The lowest BCUT2D eigenvalue weighted by Gasteiger charge is -2.16. The van der Waals surface area contributed by atoms with Crippen molar-refractivity contribution in [2.75, 3.05) is 7.05 Å². The largest absolute Gasteiger partial charge is 0.357 e. The third kappa shape index (κ3) is 4.21. The standard InChI is InChI=1S/C19H17Cl2N3O/c1-22-19(25)18(11-13-9-15(20)12-16(21)10-13)24-8-7-17(23-24)14-5-3-2-4-6-14/h2-10,12,18H,11H2,1H3,(H,22,25)/t18-/m0/s1. The van der Waals surface area contributed by atoms with E-state index in [2.05, 4.69) is 10.4 Å². The Kier molecular flexibility index (Phi) is 5.41. The maximum atomic E-state index is 12.4. The number of amides is 1. The molecule has 1 amide bonds. The highest BCUT2D eigenvalue weighted by Crippen LogP contribution is 2.24. The number of aromatic nitrogens is 2. The molecule has 0 saturated heterocycles. The number of halogens is 2. The molecule has 1 atom stereocenters.